The van der Waals surface area contributed by atoms with Gasteiger partial charge in [-0.25, -0.2) is 0 Å². The number of fused-ring (bicyclic) bond motifs is 1. The fourth-order valence-electron chi connectivity index (χ4n) is 2.58. The summed E-state index contributed by atoms with van der Waals surface area (Å²) in [6.07, 6.45) is 4.37. The van der Waals surface area contributed by atoms with Gasteiger partial charge in [0.25, 0.3) is 0 Å². The molecule has 18 heavy (non-hydrogen) atoms. The van der Waals surface area contributed by atoms with Crippen LogP contribution in [0.3, 0.4) is 0 Å². The first kappa shape index (κ1) is 12.3. The molecule has 1 saturated heterocycles. The molecule has 3 rings (SSSR count). The van der Waals surface area contributed by atoms with E-state index in [4.69, 9.17) is 27.9 Å². The summed E-state index contributed by atoms with van der Waals surface area (Å²) in [5.41, 5.74) is 1.12. The van der Waals surface area contributed by atoms with Gasteiger partial charge in [0.05, 0.1) is 10.5 Å². The van der Waals surface area contributed by atoms with Crippen LogP contribution in [0.25, 0.3) is 10.9 Å². The van der Waals surface area contributed by atoms with Crippen molar-refractivity contribution in [2.75, 3.05) is 13.2 Å². The highest BCUT2D eigenvalue weighted by molar-refractivity contribution is 6.38. The first-order chi connectivity index (χ1) is 8.74. The van der Waals surface area contributed by atoms with Gasteiger partial charge in [0.15, 0.2) is 0 Å². The van der Waals surface area contributed by atoms with Crippen molar-refractivity contribution < 1.29 is 4.74 Å². The lowest BCUT2D eigenvalue weighted by molar-refractivity contribution is 0.0616. The minimum atomic E-state index is 0.687. The maximum atomic E-state index is 6.20. The lowest BCUT2D eigenvalue weighted by Gasteiger charge is -2.22. The normalized spacial score (nSPS) is 17.4. The molecule has 1 fully saturated rings. The number of rotatable bonds is 2. The Morgan fingerprint density at radius 2 is 2.00 bits per heavy atom. The van der Waals surface area contributed by atoms with Gasteiger partial charge in [-0.05, 0) is 37.0 Å². The van der Waals surface area contributed by atoms with Crippen molar-refractivity contribution in [1.82, 2.24) is 4.57 Å². The Kier molecular flexibility index (Phi) is 3.51. The second-order valence-corrected chi connectivity index (χ2v) is 5.69. The standard InChI is InChI=1S/C14H15Cl2NO/c15-11-7-13(16)12-1-4-17(14(12)8-11)9-10-2-5-18-6-3-10/h1,4,7-8,10H,2-3,5-6,9H2. The van der Waals surface area contributed by atoms with Gasteiger partial charge in [0.1, 0.15) is 0 Å². The smallest absolute Gasteiger partial charge is 0.0514 e. The van der Waals surface area contributed by atoms with E-state index in [9.17, 15) is 0 Å². The van der Waals surface area contributed by atoms with E-state index >= 15 is 0 Å². The Hall–Kier alpha value is -0.700. The van der Waals surface area contributed by atoms with Gasteiger partial charge >= 0.3 is 0 Å². The molecule has 0 spiro atoms. The summed E-state index contributed by atoms with van der Waals surface area (Å²) in [4.78, 5) is 0. The fraction of sp³-hybridized carbons (Fsp3) is 0.429. The monoisotopic (exact) mass is 283 g/mol. The third-order valence-corrected chi connectivity index (χ3v) is 4.13. The highest BCUT2D eigenvalue weighted by Crippen LogP contribution is 2.30. The Balaban J connectivity index is 1.92. The zero-order valence-electron chi connectivity index (χ0n) is 10.0. The summed E-state index contributed by atoms with van der Waals surface area (Å²) < 4.78 is 7.65. The van der Waals surface area contributed by atoms with Crippen LogP contribution in [0.15, 0.2) is 24.4 Å². The van der Waals surface area contributed by atoms with Crippen LogP contribution in [-0.4, -0.2) is 17.8 Å². The van der Waals surface area contributed by atoms with Gasteiger partial charge in [0, 0.05) is 36.4 Å². The van der Waals surface area contributed by atoms with Crippen LogP contribution < -0.4 is 0 Å². The Labute approximate surface area is 116 Å². The van der Waals surface area contributed by atoms with Crippen LogP contribution in [0.4, 0.5) is 0 Å². The van der Waals surface area contributed by atoms with E-state index in [0.717, 1.165) is 48.5 Å². The summed E-state index contributed by atoms with van der Waals surface area (Å²) in [5, 5.41) is 2.50. The van der Waals surface area contributed by atoms with Gasteiger partial charge in [-0.15, -0.1) is 0 Å². The molecule has 0 atom stereocenters. The van der Waals surface area contributed by atoms with Crippen LogP contribution in [0.2, 0.25) is 10.0 Å². The minimum Gasteiger partial charge on any atom is -0.381 e. The molecule has 0 N–H and O–H groups in total. The Morgan fingerprint density at radius 3 is 2.78 bits per heavy atom. The summed E-state index contributed by atoms with van der Waals surface area (Å²) in [7, 11) is 0. The molecule has 1 aliphatic rings. The molecule has 0 radical (unpaired) electrons. The molecule has 2 heterocycles. The van der Waals surface area contributed by atoms with E-state index in [2.05, 4.69) is 16.8 Å². The molecular formula is C14H15Cl2NO. The van der Waals surface area contributed by atoms with Gasteiger partial charge in [0.2, 0.25) is 0 Å². The van der Waals surface area contributed by atoms with Gasteiger partial charge in [-0.1, -0.05) is 23.2 Å². The molecule has 4 heteroatoms. The highest BCUT2D eigenvalue weighted by Gasteiger charge is 2.15. The van der Waals surface area contributed by atoms with Crippen LogP contribution in [-0.2, 0) is 11.3 Å². The number of benzene rings is 1. The predicted octanol–water partition coefficient (Wildman–Crippen LogP) is 4.37. The topological polar surface area (TPSA) is 14.2 Å². The fourth-order valence-corrected chi connectivity index (χ4v) is 3.13. The largest absolute Gasteiger partial charge is 0.381 e. The highest BCUT2D eigenvalue weighted by atomic mass is 35.5. The van der Waals surface area contributed by atoms with Crippen molar-refractivity contribution in [2.45, 2.75) is 19.4 Å². The molecule has 0 unspecified atom stereocenters. The first-order valence-electron chi connectivity index (χ1n) is 6.25. The average Bonchev–Trinajstić information content (AvgIpc) is 2.74. The minimum absolute atomic E-state index is 0.687. The van der Waals surface area contributed by atoms with Crippen molar-refractivity contribution >= 4 is 34.1 Å². The van der Waals surface area contributed by atoms with Crippen LogP contribution in [0.5, 0.6) is 0 Å². The van der Waals surface area contributed by atoms with Crippen LogP contribution >= 0.6 is 23.2 Å². The third kappa shape index (κ3) is 2.37. The molecular weight excluding hydrogens is 269 g/mol. The number of hydrogen-bond donors (Lipinski definition) is 0. The molecule has 0 saturated carbocycles. The summed E-state index contributed by atoms with van der Waals surface area (Å²) in [5.74, 6) is 0.687. The van der Waals surface area contributed by atoms with Crippen molar-refractivity contribution in [3.8, 4) is 0 Å². The van der Waals surface area contributed by atoms with Crippen molar-refractivity contribution in [3.63, 3.8) is 0 Å². The van der Waals surface area contributed by atoms with Crippen molar-refractivity contribution in [1.29, 1.82) is 0 Å². The number of ether oxygens (including phenoxy) is 1. The van der Waals surface area contributed by atoms with Crippen LogP contribution in [0, 0.1) is 5.92 Å². The Bertz CT molecular complexity index is 558. The first-order valence-corrected chi connectivity index (χ1v) is 7.01. The van der Waals surface area contributed by atoms with Gasteiger partial charge in [-0.2, -0.15) is 0 Å². The maximum Gasteiger partial charge on any atom is 0.0514 e. The molecule has 1 aromatic heterocycles. The zero-order valence-corrected chi connectivity index (χ0v) is 11.5. The number of nitrogens with zero attached hydrogens (tertiary/aromatic N) is 1. The van der Waals surface area contributed by atoms with Gasteiger partial charge in [-0.3, -0.25) is 0 Å². The number of hydrogen-bond acceptors (Lipinski definition) is 1. The number of aromatic nitrogens is 1. The van der Waals surface area contributed by atoms with E-state index < -0.39 is 0 Å². The predicted molar refractivity (Wildman–Crippen MR) is 75.5 cm³/mol. The molecule has 1 aliphatic heterocycles. The van der Waals surface area contributed by atoms with E-state index in [1.807, 2.05) is 6.07 Å². The van der Waals surface area contributed by atoms with E-state index in [1.54, 1.807) is 6.07 Å². The molecule has 0 bridgehead atoms. The molecule has 2 nitrogen and oxygen atoms in total. The van der Waals surface area contributed by atoms with E-state index in [0.29, 0.717) is 10.9 Å². The zero-order chi connectivity index (χ0) is 12.5. The lowest BCUT2D eigenvalue weighted by atomic mass is 10.0. The van der Waals surface area contributed by atoms with Gasteiger partial charge < -0.3 is 9.30 Å². The quantitative estimate of drug-likeness (QED) is 0.798. The lowest BCUT2D eigenvalue weighted by Crippen LogP contribution is -2.20. The average molecular weight is 284 g/mol. The number of halogens is 2. The van der Waals surface area contributed by atoms with Crippen LogP contribution in [0.1, 0.15) is 12.8 Å². The molecule has 0 aliphatic carbocycles. The third-order valence-electron chi connectivity index (χ3n) is 3.60. The second kappa shape index (κ2) is 5.12. The molecule has 1 aromatic carbocycles. The molecule has 96 valence electrons. The van der Waals surface area contributed by atoms with E-state index in [-0.39, 0.29) is 0 Å². The second-order valence-electron chi connectivity index (χ2n) is 4.84. The van der Waals surface area contributed by atoms with Crippen molar-refractivity contribution in [3.05, 3.63) is 34.4 Å². The summed E-state index contributed by atoms with van der Waals surface area (Å²) in [6.45, 7) is 2.78. The molecule has 2 aromatic rings. The maximum absolute atomic E-state index is 6.20. The summed E-state index contributed by atoms with van der Waals surface area (Å²) in [6, 6.07) is 5.85. The Morgan fingerprint density at radius 1 is 1.22 bits per heavy atom. The molecule has 0 amide bonds. The SMILES string of the molecule is Clc1cc(Cl)c2ccn(CC3CCOCC3)c2c1. The summed E-state index contributed by atoms with van der Waals surface area (Å²) >= 11 is 12.3. The van der Waals surface area contributed by atoms with Crippen molar-refractivity contribution in [2.24, 2.45) is 5.92 Å². The van der Waals surface area contributed by atoms with E-state index in [1.165, 1.54) is 0 Å².